The second-order valence-electron chi connectivity index (χ2n) is 6.78. The molecule has 0 fully saturated rings. The number of hydrogen-bond acceptors (Lipinski definition) is 3. The molecule has 2 aromatic carbocycles. The summed E-state index contributed by atoms with van der Waals surface area (Å²) in [6.45, 7) is 8.13. The van der Waals surface area contributed by atoms with Crippen molar-refractivity contribution in [3.8, 4) is 11.5 Å². The number of oxazole rings is 1. The minimum atomic E-state index is -0.0630. The summed E-state index contributed by atoms with van der Waals surface area (Å²) < 4.78 is 5.91. The smallest absolute Gasteiger partial charge is 0.227 e. The molecule has 0 saturated heterocycles. The van der Waals surface area contributed by atoms with Crippen molar-refractivity contribution in [2.45, 2.75) is 40.0 Å². The van der Waals surface area contributed by atoms with E-state index in [0.717, 1.165) is 28.8 Å². The average molecular weight is 336 g/mol. The Morgan fingerprint density at radius 2 is 1.96 bits per heavy atom. The predicted octanol–water partition coefficient (Wildman–Crippen LogP) is 5.60. The zero-order chi connectivity index (χ0) is 18.0. The molecule has 0 aliphatic heterocycles. The molecule has 0 aliphatic carbocycles. The second-order valence-corrected chi connectivity index (χ2v) is 6.78. The van der Waals surface area contributed by atoms with Gasteiger partial charge in [0.15, 0.2) is 5.58 Å². The van der Waals surface area contributed by atoms with Crippen molar-refractivity contribution in [2.24, 2.45) is 5.92 Å². The van der Waals surface area contributed by atoms with Gasteiger partial charge in [-0.15, -0.1) is 0 Å². The molecule has 0 bridgehead atoms. The SMILES string of the molecule is CC[C@H](C)c1ccc2oc(-c3cccc(NC(=O)C(C)C)c3)nc2c1. The van der Waals surface area contributed by atoms with Crippen LogP contribution in [0.5, 0.6) is 0 Å². The van der Waals surface area contributed by atoms with Crippen LogP contribution >= 0.6 is 0 Å². The maximum absolute atomic E-state index is 11.9. The first-order valence-corrected chi connectivity index (χ1v) is 8.79. The van der Waals surface area contributed by atoms with Crippen LogP contribution in [0.3, 0.4) is 0 Å². The number of rotatable bonds is 5. The molecular formula is C21H24N2O2. The fraction of sp³-hybridized carbons (Fsp3) is 0.333. The van der Waals surface area contributed by atoms with Crippen LogP contribution in [0.4, 0.5) is 5.69 Å². The molecule has 3 rings (SSSR count). The molecule has 1 heterocycles. The van der Waals surface area contributed by atoms with Gasteiger partial charge < -0.3 is 9.73 Å². The van der Waals surface area contributed by atoms with Gasteiger partial charge in [0.2, 0.25) is 11.8 Å². The summed E-state index contributed by atoms with van der Waals surface area (Å²) in [5.74, 6) is 0.996. The molecule has 25 heavy (non-hydrogen) atoms. The summed E-state index contributed by atoms with van der Waals surface area (Å²) in [6, 6.07) is 13.8. The van der Waals surface area contributed by atoms with Crippen LogP contribution in [0.1, 0.15) is 45.6 Å². The maximum Gasteiger partial charge on any atom is 0.227 e. The van der Waals surface area contributed by atoms with Crippen molar-refractivity contribution in [1.29, 1.82) is 0 Å². The van der Waals surface area contributed by atoms with Gasteiger partial charge >= 0.3 is 0 Å². The topological polar surface area (TPSA) is 55.1 Å². The van der Waals surface area contributed by atoms with E-state index in [1.807, 2.05) is 44.2 Å². The number of anilines is 1. The first-order valence-electron chi connectivity index (χ1n) is 8.79. The number of fused-ring (bicyclic) bond motifs is 1. The largest absolute Gasteiger partial charge is 0.436 e. The molecule has 0 spiro atoms. The van der Waals surface area contributed by atoms with Crippen LogP contribution in [0.2, 0.25) is 0 Å². The van der Waals surface area contributed by atoms with Crippen LogP contribution in [0, 0.1) is 5.92 Å². The van der Waals surface area contributed by atoms with E-state index < -0.39 is 0 Å². The monoisotopic (exact) mass is 336 g/mol. The third kappa shape index (κ3) is 3.73. The highest BCUT2D eigenvalue weighted by Crippen LogP contribution is 2.29. The van der Waals surface area contributed by atoms with Crippen molar-refractivity contribution in [3.05, 3.63) is 48.0 Å². The quantitative estimate of drug-likeness (QED) is 0.659. The van der Waals surface area contributed by atoms with E-state index in [9.17, 15) is 4.79 Å². The summed E-state index contributed by atoms with van der Waals surface area (Å²) in [6.07, 6.45) is 1.09. The van der Waals surface area contributed by atoms with Gasteiger partial charge in [-0.25, -0.2) is 4.98 Å². The third-order valence-electron chi connectivity index (χ3n) is 4.49. The zero-order valence-electron chi connectivity index (χ0n) is 15.2. The molecule has 4 heteroatoms. The van der Waals surface area contributed by atoms with E-state index in [1.54, 1.807) is 0 Å². The molecule has 1 atom stereocenters. The number of hydrogen-bond donors (Lipinski definition) is 1. The van der Waals surface area contributed by atoms with Gasteiger partial charge in [-0.1, -0.05) is 39.8 Å². The fourth-order valence-electron chi connectivity index (χ4n) is 2.63. The molecule has 0 saturated carbocycles. The van der Waals surface area contributed by atoms with Crippen molar-refractivity contribution >= 4 is 22.7 Å². The fourth-order valence-corrected chi connectivity index (χ4v) is 2.63. The van der Waals surface area contributed by atoms with Crippen molar-refractivity contribution in [3.63, 3.8) is 0 Å². The molecular weight excluding hydrogens is 312 g/mol. The second kappa shape index (κ2) is 7.09. The molecule has 0 radical (unpaired) electrons. The average Bonchev–Trinajstić information content (AvgIpc) is 3.04. The molecule has 1 aromatic heterocycles. The van der Waals surface area contributed by atoms with E-state index in [4.69, 9.17) is 4.42 Å². The Kier molecular flexibility index (Phi) is 4.88. The van der Waals surface area contributed by atoms with Gasteiger partial charge in [0.1, 0.15) is 5.52 Å². The van der Waals surface area contributed by atoms with Crippen LogP contribution < -0.4 is 5.32 Å². The van der Waals surface area contributed by atoms with E-state index in [-0.39, 0.29) is 11.8 Å². The normalized spacial score (nSPS) is 12.5. The lowest BCUT2D eigenvalue weighted by atomic mass is 9.98. The Morgan fingerprint density at radius 3 is 2.68 bits per heavy atom. The lowest BCUT2D eigenvalue weighted by molar-refractivity contribution is -0.118. The maximum atomic E-state index is 11.9. The highest BCUT2D eigenvalue weighted by atomic mass is 16.3. The van der Waals surface area contributed by atoms with Gasteiger partial charge in [-0.2, -0.15) is 0 Å². The molecule has 3 aromatic rings. The van der Waals surface area contributed by atoms with Gasteiger partial charge in [0.05, 0.1) is 0 Å². The van der Waals surface area contributed by atoms with E-state index in [1.165, 1.54) is 5.56 Å². The Morgan fingerprint density at radius 1 is 1.16 bits per heavy atom. The van der Waals surface area contributed by atoms with Crippen LogP contribution in [0.25, 0.3) is 22.6 Å². The number of nitrogens with zero attached hydrogens (tertiary/aromatic N) is 1. The lowest BCUT2D eigenvalue weighted by Gasteiger charge is -2.08. The molecule has 130 valence electrons. The van der Waals surface area contributed by atoms with Crippen molar-refractivity contribution in [2.75, 3.05) is 5.32 Å². The molecule has 0 unspecified atom stereocenters. The van der Waals surface area contributed by atoms with Gasteiger partial charge in [-0.05, 0) is 48.2 Å². The Balaban J connectivity index is 1.92. The van der Waals surface area contributed by atoms with Crippen molar-refractivity contribution < 1.29 is 9.21 Å². The summed E-state index contributed by atoms with van der Waals surface area (Å²) >= 11 is 0. The Hall–Kier alpha value is -2.62. The zero-order valence-corrected chi connectivity index (χ0v) is 15.2. The summed E-state index contributed by atoms with van der Waals surface area (Å²) in [7, 11) is 0. The standard InChI is InChI=1S/C21H24N2O2/c1-5-14(4)15-9-10-19-18(12-15)23-21(25-19)16-7-6-8-17(11-16)22-20(24)13(2)3/h6-14H,5H2,1-4H3,(H,22,24)/t14-/m0/s1. The Labute approximate surface area is 148 Å². The number of carbonyl (C=O) groups is 1. The van der Waals surface area contributed by atoms with E-state index in [0.29, 0.717) is 11.8 Å². The van der Waals surface area contributed by atoms with Crippen LogP contribution in [-0.2, 0) is 4.79 Å². The minimum Gasteiger partial charge on any atom is -0.436 e. The first-order chi connectivity index (χ1) is 12.0. The van der Waals surface area contributed by atoms with Gasteiger partial charge in [-0.3, -0.25) is 4.79 Å². The molecule has 1 N–H and O–H groups in total. The lowest BCUT2D eigenvalue weighted by Crippen LogP contribution is -2.17. The number of carbonyl (C=O) groups excluding carboxylic acids is 1. The number of aromatic nitrogens is 1. The van der Waals surface area contributed by atoms with E-state index >= 15 is 0 Å². The minimum absolute atomic E-state index is 0.00656. The number of nitrogens with one attached hydrogen (secondary N) is 1. The first kappa shape index (κ1) is 17.2. The summed E-state index contributed by atoms with van der Waals surface area (Å²) in [5.41, 5.74) is 4.51. The summed E-state index contributed by atoms with van der Waals surface area (Å²) in [5, 5.41) is 2.91. The summed E-state index contributed by atoms with van der Waals surface area (Å²) in [4.78, 5) is 16.5. The third-order valence-corrected chi connectivity index (χ3v) is 4.49. The van der Waals surface area contributed by atoms with Crippen LogP contribution in [0.15, 0.2) is 46.9 Å². The highest BCUT2D eigenvalue weighted by molar-refractivity contribution is 5.92. The molecule has 0 aliphatic rings. The Bertz CT molecular complexity index is 896. The molecule has 4 nitrogen and oxygen atoms in total. The highest BCUT2D eigenvalue weighted by Gasteiger charge is 2.12. The number of benzene rings is 2. The van der Waals surface area contributed by atoms with E-state index in [2.05, 4.69) is 36.3 Å². The predicted molar refractivity (Wildman–Crippen MR) is 102 cm³/mol. The molecule has 1 amide bonds. The van der Waals surface area contributed by atoms with Crippen LogP contribution in [-0.4, -0.2) is 10.9 Å². The van der Waals surface area contributed by atoms with Crippen molar-refractivity contribution in [1.82, 2.24) is 4.98 Å². The number of amides is 1. The van der Waals surface area contributed by atoms with Gasteiger partial charge in [0.25, 0.3) is 0 Å². The van der Waals surface area contributed by atoms with Gasteiger partial charge in [0, 0.05) is 17.2 Å².